The predicted molar refractivity (Wildman–Crippen MR) is 68.1 cm³/mol. The Morgan fingerprint density at radius 2 is 2.11 bits per heavy atom. The van der Waals surface area contributed by atoms with E-state index in [1.807, 2.05) is 6.07 Å². The van der Waals surface area contributed by atoms with E-state index in [0.717, 1.165) is 37.5 Å². The molecule has 0 radical (unpaired) electrons. The summed E-state index contributed by atoms with van der Waals surface area (Å²) in [6, 6.07) is 10.7. The summed E-state index contributed by atoms with van der Waals surface area (Å²) in [5, 5.41) is 7.41. The van der Waals surface area contributed by atoms with E-state index < -0.39 is 0 Å². The summed E-state index contributed by atoms with van der Waals surface area (Å²) in [7, 11) is 0. The summed E-state index contributed by atoms with van der Waals surface area (Å²) < 4.78 is 5.31. The molecule has 1 aromatic carbocycles. The van der Waals surface area contributed by atoms with E-state index in [2.05, 4.69) is 39.7 Å². The predicted octanol–water partition coefficient (Wildman–Crippen LogP) is 2.28. The number of nitrogens with one attached hydrogen (secondary N) is 1. The summed E-state index contributed by atoms with van der Waals surface area (Å²) in [6.45, 7) is 1.05. The molecular weight excluding hydrogens is 226 g/mol. The summed E-state index contributed by atoms with van der Waals surface area (Å²) >= 11 is 0. The largest absolute Gasteiger partial charge is 0.338 e. The van der Waals surface area contributed by atoms with Crippen molar-refractivity contribution in [3.05, 3.63) is 47.6 Å². The zero-order chi connectivity index (χ0) is 12.2. The third kappa shape index (κ3) is 2.59. The van der Waals surface area contributed by atoms with Crippen LogP contribution >= 0.6 is 0 Å². The summed E-state index contributed by atoms with van der Waals surface area (Å²) in [5.41, 5.74) is 1.31. The van der Waals surface area contributed by atoms with Gasteiger partial charge in [-0.2, -0.15) is 4.98 Å². The number of hydrogen-bond acceptors (Lipinski definition) is 4. The standard InChI is InChI=1S/C14H17N3O/c1-2-5-11(6-3-1)8-9-13-16-14(18-17-13)12-7-4-10-15-12/h1-3,5-6,12,15H,4,7-10H2/t12-/m0/s1. The maximum Gasteiger partial charge on any atom is 0.243 e. The van der Waals surface area contributed by atoms with Gasteiger partial charge >= 0.3 is 0 Å². The van der Waals surface area contributed by atoms with Crippen molar-refractivity contribution in [2.24, 2.45) is 0 Å². The molecule has 1 N–H and O–H groups in total. The summed E-state index contributed by atoms with van der Waals surface area (Å²) in [6.07, 6.45) is 4.07. The average molecular weight is 243 g/mol. The molecule has 1 atom stereocenters. The highest BCUT2D eigenvalue weighted by Gasteiger charge is 2.22. The molecule has 94 valence electrons. The summed E-state index contributed by atoms with van der Waals surface area (Å²) in [5.74, 6) is 1.55. The maximum absolute atomic E-state index is 5.31. The first-order valence-electron chi connectivity index (χ1n) is 6.51. The van der Waals surface area contributed by atoms with Gasteiger partial charge in [-0.15, -0.1) is 0 Å². The van der Waals surface area contributed by atoms with Crippen molar-refractivity contribution in [1.82, 2.24) is 15.5 Å². The fraction of sp³-hybridized carbons (Fsp3) is 0.429. The smallest absolute Gasteiger partial charge is 0.243 e. The molecule has 18 heavy (non-hydrogen) atoms. The molecule has 1 saturated heterocycles. The van der Waals surface area contributed by atoms with Crippen molar-refractivity contribution < 1.29 is 4.52 Å². The maximum atomic E-state index is 5.31. The second-order valence-corrected chi connectivity index (χ2v) is 4.68. The lowest BCUT2D eigenvalue weighted by Crippen LogP contribution is -2.13. The first kappa shape index (κ1) is 11.4. The fourth-order valence-corrected chi connectivity index (χ4v) is 2.31. The number of nitrogens with zero attached hydrogens (tertiary/aromatic N) is 2. The highest BCUT2D eigenvalue weighted by Crippen LogP contribution is 2.21. The number of hydrogen-bond donors (Lipinski definition) is 1. The molecule has 1 fully saturated rings. The molecule has 1 aliphatic rings. The molecule has 0 unspecified atom stereocenters. The van der Waals surface area contributed by atoms with Crippen molar-refractivity contribution >= 4 is 0 Å². The first-order chi connectivity index (χ1) is 8.92. The van der Waals surface area contributed by atoms with Gasteiger partial charge in [0.05, 0.1) is 6.04 Å². The number of rotatable bonds is 4. The number of aromatic nitrogens is 2. The van der Waals surface area contributed by atoms with E-state index in [-0.39, 0.29) is 6.04 Å². The molecule has 0 saturated carbocycles. The molecule has 4 heteroatoms. The molecule has 2 aromatic rings. The third-order valence-corrected chi connectivity index (χ3v) is 3.32. The van der Waals surface area contributed by atoms with Crippen LogP contribution in [0.5, 0.6) is 0 Å². The molecule has 2 heterocycles. The van der Waals surface area contributed by atoms with E-state index in [4.69, 9.17) is 4.52 Å². The van der Waals surface area contributed by atoms with Crippen molar-refractivity contribution in [3.63, 3.8) is 0 Å². The Kier molecular flexibility index (Phi) is 3.37. The van der Waals surface area contributed by atoms with Crippen LogP contribution in [0, 0.1) is 0 Å². The van der Waals surface area contributed by atoms with Gasteiger partial charge in [-0.25, -0.2) is 0 Å². The third-order valence-electron chi connectivity index (χ3n) is 3.32. The fourth-order valence-electron chi connectivity index (χ4n) is 2.31. The zero-order valence-electron chi connectivity index (χ0n) is 10.3. The Balaban J connectivity index is 1.60. The van der Waals surface area contributed by atoms with E-state index in [0.29, 0.717) is 0 Å². The van der Waals surface area contributed by atoms with Crippen LogP contribution in [0.3, 0.4) is 0 Å². The summed E-state index contributed by atoms with van der Waals surface area (Å²) in [4.78, 5) is 4.47. The van der Waals surface area contributed by atoms with Gasteiger partial charge in [0.15, 0.2) is 5.82 Å². The minimum atomic E-state index is 0.267. The van der Waals surface area contributed by atoms with Gasteiger partial charge < -0.3 is 9.84 Å². The lowest BCUT2D eigenvalue weighted by molar-refractivity contribution is 0.341. The van der Waals surface area contributed by atoms with Gasteiger partial charge in [0.25, 0.3) is 0 Å². The topological polar surface area (TPSA) is 51.0 Å². The SMILES string of the molecule is c1ccc(CCc2noc([C@@H]3CCCN3)n2)cc1. The van der Waals surface area contributed by atoms with Gasteiger partial charge in [0, 0.05) is 6.42 Å². The van der Waals surface area contributed by atoms with E-state index in [9.17, 15) is 0 Å². The van der Waals surface area contributed by atoms with E-state index in [1.165, 1.54) is 12.0 Å². The molecule has 1 aromatic heterocycles. The minimum absolute atomic E-state index is 0.267. The molecule has 0 aliphatic carbocycles. The zero-order valence-corrected chi connectivity index (χ0v) is 10.3. The minimum Gasteiger partial charge on any atom is -0.338 e. The van der Waals surface area contributed by atoms with Crippen molar-refractivity contribution in [2.75, 3.05) is 6.54 Å². The molecule has 0 spiro atoms. The molecule has 0 bridgehead atoms. The van der Waals surface area contributed by atoms with Crippen LogP contribution in [-0.4, -0.2) is 16.7 Å². The number of aryl methyl sites for hydroxylation is 2. The Morgan fingerprint density at radius 1 is 1.22 bits per heavy atom. The molecule has 1 aliphatic heterocycles. The average Bonchev–Trinajstić information content (AvgIpc) is 3.08. The van der Waals surface area contributed by atoms with Gasteiger partial charge in [0.1, 0.15) is 0 Å². The lowest BCUT2D eigenvalue weighted by atomic mass is 10.1. The van der Waals surface area contributed by atoms with Crippen LogP contribution in [0.25, 0.3) is 0 Å². The molecule has 3 rings (SSSR count). The van der Waals surface area contributed by atoms with Gasteiger partial charge in [-0.1, -0.05) is 35.5 Å². The monoisotopic (exact) mass is 243 g/mol. The second kappa shape index (κ2) is 5.31. The molecule has 0 amide bonds. The lowest BCUT2D eigenvalue weighted by Gasteiger charge is -2.01. The van der Waals surface area contributed by atoms with Crippen molar-refractivity contribution in [1.29, 1.82) is 0 Å². The quantitative estimate of drug-likeness (QED) is 0.895. The van der Waals surface area contributed by atoms with Crippen LogP contribution in [0.15, 0.2) is 34.9 Å². The van der Waals surface area contributed by atoms with Gasteiger partial charge in [-0.05, 0) is 31.4 Å². The van der Waals surface area contributed by atoms with Gasteiger partial charge in [0.2, 0.25) is 5.89 Å². The Hall–Kier alpha value is -1.68. The van der Waals surface area contributed by atoms with E-state index >= 15 is 0 Å². The van der Waals surface area contributed by atoms with Crippen LogP contribution in [0.1, 0.15) is 36.2 Å². The highest BCUT2D eigenvalue weighted by molar-refractivity contribution is 5.15. The van der Waals surface area contributed by atoms with Crippen molar-refractivity contribution in [3.8, 4) is 0 Å². The Bertz CT molecular complexity index is 489. The van der Waals surface area contributed by atoms with Crippen molar-refractivity contribution in [2.45, 2.75) is 31.7 Å². The van der Waals surface area contributed by atoms with E-state index in [1.54, 1.807) is 0 Å². The molecule has 4 nitrogen and oxygen atoms in total. The van der Waals surface area contributed by atoms with Crippen LogP contribution in [0.2, 0.25) is 0 Å². The Morgan fingerprint density at radius 3 is 2.89 bits per heavy atom. The molecular formula is C14H17N3O. The normalized spacial score (nSPS) is 19.2. The highest BCUT2D eigenvalue weighted by atomic mass is 16.5. The van der Waals surface area contributed by atoms with Gasteiger partial charge in [-0.3, -0.25) is 0 Å². The number of benzene rings is 1. The van der Waals surface area contributed by atoms with Crippen LogP contribution < -0.4 is 5.32 Å². The van der Waals surface area contributed by atoms with Crippen LogP contribution in [0.4, 0.5) is 0 Å². The van der Waals surface area contributed by atoms with Crippen LogP contribution in [-0.2, 0) is 12.8 Å². The second-order valence-electron chi connectivity index (χ2n) is 4.68. The first-order valence-corrected chi connectivity index (χ1v) is 6.51. The Labute approximate surface area is 106 Å².